The first-order valence-electron chi connectivity index (χ1n) is 6.97. The van der Waals surface area contributed by atoms with Crippen molar-refractivity contribution in [3.05, 3.63) is 0 Å². The molecule has 6 rings (SSSR count). The van der Waals surface area contributed by atoms with E-state index in [-0.39, 0.29) is 0 Å². The molecule has 0 heteroatoms. The van der Waals surface area contributed by atoms with Gasteiger partial charge in [-0.25, -0.2) is 0 Å². The third-order valence-corrected chi connectivity index (χ3v) is 7.86. The molecule has 0 heterocycles. The summed E-state index contributed by atoms with van der Waals surface area (Å²) in [5.41, 5.74) is 0. The monoisotopic (exact) mass is 186 g/mol. The molecule has 8 unspecified atom stereocenters. The maximum atomic E-state index is 1.63. The highest BCUT2D eigenvalue weighted by Gasteiger charge is 2.82. The van der Waals surface area contributed by atoms with Crippen molar-refractivity contribution >= 4 is 0 Å². The van der Waals surface area contributed by atoms with E-state index in [1.165, 1.54) is 59.2 Å². The van der Waals surface area contributed by atoms with E-state index in [1.54, 1.807) is 25.7 Å². The van der Waals surface area contributed by atoms with Gasteiger partial charge in [-0.15, -0.1) is 0 Å². The van der Waals surface area contributed by atoms with Crippen LogP contribution >= 0.6 is 0 Å². The number of hydrogen-bond donors (Lipinski definition) is 0. The summed E-state index contributed by atoms with van der Waals surface area (Å²) < 4.78 is 0. The lowest BCUT2D eigenvalue weighted by molar-refractivity contribution is -0.408. The van der Waals surface area contributed by atoms with Crippen LogP contribution in [0.4, 0.5) is 0 Å². The second-order valence-corrected chi connectivity index (χ2v) is 7.27. The van der Waals surface area contributed by atoms with E-state index in [0.717, 1.165) is 0 Å². The van der Waals surface area contributed by atoms with Gasteiger partial charge in [0, 0.05) is 0 Å². The first kappa shape index (κ1) is 6.55. The van der Waals surface area contributed by atoms with Gasteiger partial charge in [-0.2, -0.15) is 0 Å². The van der Waals surface area contributed by atoms with Crippen LogP contribution in [0.2, 0.25) is 0 Å². The van der Waals surface area contributed by atoms with Gasteiger partial charge in [0.15, 0.2) is 0 Å². The molecule has 0 saturated heterocycles. The Morgan fingerprint density at radius 3 is 0.857 bits per heavy atom. The van der Waals surface area contributed by atoms with E-state index in [9.17, 15) is 0 Å². The molecule has 0 aliphatic heterocycles. The molecule has 14 heavy (non-hydrogen) atoms. The fraction of sp³-hybridized carbons (Fsp3) is 1.00. The first-order chi connectivity index (χ1) is 6.97. The molecule has 6 aliphatic carbocycles. The zero-order valence-corrected chi connectivity index (χ0v) is 8.60. The van der Waals surface area contributed by atoms with Crippen LogP contribution in [0.15, 0.2) is 0 Å². The van der Waals surface area contributed by atoms with Crippen LogP contribution in [-0.4, -0.2) is 0 Å². The Balaban J connectivity index is 1.39. The van der Waals surface area contributed by atoms with Gasteiger partial charge < -0.3 is 0 Å². The van der Waals surface area contributed by atoms with Gasteiger partial charge in [-0.05, 0) is 84.9 Å². The van der Waals surface area contributed by atoms with Crippen molar-refractivity contribution in [1.82, 2.24) is 0 Å². The zero-order valence-electron chi connectivity index (χ0n) is 8.60. The van der Waals surface area contributed by atoms with E-state index in [4.69, 9.17) is 0 Å². The van der Waals surface area contributed by atoms with E-state index in [0.29, 0.717) is 0 Å². The molecule has 0 amide bonds. The van der Waals surface area contributed by atoms with Gasteiger partial charge in [0.2, 0.25) is 0 Å². The number of fused-ring (bicyclic) bond motifs is 13. The van der Waals surface area contributed by atoms with Crippen LogP contribution in [-0.2, 0) is 0 Å². The lowest BCUT2D eigenvalue weighted by atomic mass is 9.17. The predicted octanol–water partition coefficient (Wildman–Crippen LogP) is 2.79. The fourth-order valence-corrected chi connectivity index (χ4v) is 7.28. The van der Waals surface area contributed by atoms with Crippen LogP contribution in [0, 0.1) is 59.2 Å². The highest BCUT2D eigenvalue weighted by molar-refractivity contribution is 5.30. The minimum absolute atomic E-state index is 1.27. The van der Waals surface area contributed by atoms with Gasteiger partial charge in [-0.1, -0.05) is 0 Å². The van der Waals surface area contributed by atoms with E-state index in [2.05, 4.69) is 0 Å². The Kier molecular flexibility index (Phi) is 0.758. The summed E-state index contributed by atoms with van der Waals surface area (Å²) in [5.74, 6) is 12.8. The van der Waals surface area contributed by atoms with Gasteiger partial charge in [0.1, 0.15) is 0 Å². The normalized spacial score (nSPS) is 84.0. The second kappa shape index (κ2) is 1.62. The Labute approximate surface area is 85.4 Å². The summed E-state index contributed by atoms with van der Waals surface area (Å²) in [7, 11) is 0. The van der Waals surface area contributed by atoms with Crippen LogP contribution in [0.25, 0.3) is 0 Å². The van der Waals surface area contributed by atoms with Crippen molar-refractivity contribution in [2.75, 3.05) is 0 Å². The van der Waals surface area contributed by atoms with Gasteiger partial charge in [0.25, 0.3) is 0 Å². The molecule has 0 spiro atoms. The minimum Gasteiger partial charge on any atom is -0.0496 e. The van der Waals surface area contributed by atoms with Crippen molar-refractivity contribution in [3.8, 4) is 0 Å². The molecule has 6 fully saturated rings. The third kappa shape index (κ3) is 0.378. The highest BCUT2D eigenvalue weighted by atomic mass is 14.9. The Hall–Kier alpha value is 0. The maximum Gasteiger partial charge on any atom is -0.0312 e. The van der Waals surface area contributed by atoms with Gasteiger partial charge in [-0.3, -0.25) is 0 Å². The minimum atomic E-state index is 1.27. The van der Waals surface area contributed by atoms with Crippen LogP contribution in [0.5, 0.6) is 0 Å². The lowest BCUT2D eigenvalue weighted by Crippen LogP contribution is -2.84. The number of hydrogen-bond acceptors (Lipinski definition) is 0. The molecule has 8 atom stereocenters. The van der Waals surface area contributed by atoms with Crippen molar-refractivity contribution in [3.63, 3.8) is 0 Å². The van der Waals surface area contributed by atoms with Crippen LogP contribution in [0.3, 0.4) is 0 Å². The second-order valence-electron chi connectivity index (χ2n) is 7.27. The van der Waals surface area contributed by atoms with Crippen molar-refractivity contribution < 1.29 is 0 Å². The summed E-state index contributed by atoms with van der Waals surface area (Å²) in [5, 5.41) is 0. The largest absolute Gasteiger partial charge is 0.0496 e. The molecule has 0 N–H and O–H groups in total. The Morgan fingerprint density at radius 2 is 0.643 bits per heavy atom. The smallest absolute Gasteiger partial charge is 0.0312 e. The molecule has 6 aliphatic rings. The van der Waals surface area contributed by atoms with Crippen LogP contribution < -0.4 is 0 Å². The summed E-state index contributed by atoms with van der Waals surface area (Å²) in [6.45, 7) is 0. The predicted molar refractivity (Wildman–Crippen MR) is 53.4 cm³/mol. The van der Waals surface area contributed by atoms with Gasteiger partial charge >= 0.3 is 0 Å². The average Bonchev–Trinajstić information content (AvgIpc) is 2.10. The summed E-state index contributed by atoms with van der Waals surface area (Å²) in [4.78, 5) is 0. The third-order valence-electron chi connectivity index (χ3n) is 7.86. The molecule has 0 bridgehead atoms. The summed E-state index contributed by atoms with van der Waals surface area (Å²) >= 11 is 0. The van der Waals surface area contributed by atoms with Crippen molar-refractivity contribution in [1.29, 1.82) is 0 Å². The fourth-order valence-electron chi connectivity index (χ4n) is 7.28. The maximum absolute atomic E-state index is 1.63. The van der Waals surface area contributed by atoms with E-state index < -0.39 is 0 Å². The molecule has 0 aromatic carbocycles. The van der Waals surface area contributed by atoms with E-state index in [1.807, 2.05) is 0 Å². The van der Waals surface area contributed by atoms with Crippen molar-refractivity contribution in [2.45, 2.75) is 25.7 Å². The molecule has 0 aromatic rings. The quantitative estimate of drug-likeness (QED) is 0.510. The molecule has 0 radical (unpaired) electrons. The molecular weight excluding hydrogens is 168 g/mol. The summed E-state index contributed by atoms with van der Waals surface area (Å²) in [6, 6.07) is 0. The average molecular weight is 186 g/mol. The van der Waals surface area contributed by atoms with E-state index >= 15 is 0 Å². The SMILES string of the molecule is C1CC2C1C1C2C2C3C4CCC4C3C12. The highest BCUT2D eigenvalue weighted by Crippen LogP contribution is 2.87. The molecular formula is C14H18. The van der Waals surface area contributed by atoms with Crippen molar-refractivity contribution in [2.24, 2.45) is 59.2 Å². The molecule has 0 nitrogen and oxygen atoms in total. The Morgan fingerprint density at radius 1 is 0.357 bits per heavy atom. The standard InChI is InChI=1S/C14H18/c1-2-6-5(1)9-10(6)14-12-8-4-3-7(8)11(12)13(9)14/h5-14H,1-4H2. The lowest BCUT2D eigenvalue weighted by Gasteiger charge is -2.88. The topological polar surface area (TPSA) is 0 Å². The summed E-state index contributed by atoms with van der Waals surface area (Å²) in [6.07, 6.45) is 6.50. The molecule has 6 saturated carbocycles. The molecule has 0 aromatic heterocycles. The number of rotatable bonds is 0. The van der Waals surface area contributed by atoms with Crippen LogP contribution in [0.1, 0.15) is 25.7 Å². The Bertz CT molecular complexity index is 280. The first-order valence-corrected chi connectivity index (χ1v) is 6.97. The molecule has 74 valence electrons. The van der Waals surface area contributed by atoms with Gasteiger partial charge in [0.05, 0.1) is 0 Å². The zero-order chi connectivity index (χ0) is 8.60.